The summed E-state index contributed by atoms with van der Waals surface area (Å²) >= 11 is 0. The van der Waals surface area contributed by atoms with Crippen LogP contribution >= 0.6 is 0 Å². The van der Waals surface area contributed by atoms with E-state index in [0.717, 1.165) is 25.0 Å². The molecule has 5 heteroatoms. The lowest BCUT2D eigenvalue weighted by atomic mass is 9.81. The molecule has 19 heavy (non-hydrogen) atoms. The minimum absolute atomic E-state index is 0.142. The van der Waals surface area contributed by atoms with Gasteiger partial charge in [0.25, 0.3) is 0 Å². The van der Waals surface area contributed by atoms with Gasteiger partial charge in [0.1, 0.15) is 0 Å². The van der Waals surface area contributed by atoms with Crippen LogP contribution in [0.5, 0.6) is 0 Å². The number of rotatable bonds is 4. The second-order valence-corrected chi connectivity index (χ2v) is 5.17. The van der Waals surface area contributed by atoms with E-state index in [0.29, 0.717) is 6.54 Å². The molecule has 0 amide bonds. The number of nitrogens with zero attached hydrogens (tertiary/aromatic N) is 1. The number of fused-ring (bicyclic) bond motifs is 1. The van der Waals surface area contributed by atoms with Gasteiger partial charge in [0.2, 0.25) is 0 Å². The van der Waals surface area contributed by atoms with Crippen LogP contribution in [0.3, 0.4) is 0 Å². The number of hydrogen-bond donors (Lipinski definition) is 2. The van der Waals surface area contributed by atoms with Crippen molar-refractivity contribution < 1.29 is 9.47 Å². The van der Waals surface area contributed by atoms with Crippen molar-refractivity contribution in [3.8, 4) is 0 Å². The molecule has 1 aliphatic carbocycles. The zero-order valence-electron chi connectivity index (χ0n) is 11.9. The maximum Gasteiger partial charge on any atom is 0.0808 e. The zero-order valence-corrected chi connectivity index (χ0v) is 11.9. The summed E-state index contributed by atoms with van der Waals surface area (Å²) in [5.74, 6) is 0.207. The van der Waals surface area contributed by atoms with Crippen LogP contribution in [0.4, 0.5) is 0 Å². The summed E-state index contributed by atoms with van der Waals surface area (Å²) < 4.78 is 11.4. The van der Waals surface area contributed by atoms with E-state index in [2.05, 4.69) is 10.5 Å². The molecule has 3 N–H and O–H groups in total. The Labute approximate surface area is 115 Å². The summed E-state index contributed by atoms with van der Waals surface area (Å²) in [4.78, 5) is 0. The Morgan fingerprint density at radius 2 is 2.11 bits per heavy atom. The predicted molar refractivity (Wildman–Crippen MR) is 75.9 cm³/mol. The minimum Gasteiger partial charge on any atom is -0.380 e. The highest BCUT2D eigenvalue weighted by atomic mass is 16.5. The van der Waals surface area contributed by atoms with E-state index in [1.807, 2.05) is 6.21 Å². The van der Waals surface area contributed by atoms with Crippen LogP contribution in [-0.2, 0) is 9.47 Å². The summed E-state index contributed by atoms with van der Waals surface area (Å²) in [6.45, 7) is 0.613. The number of nitrogens with two attached hydrogens (primary N) is 1. The van der Waals surface area contributed by atoms with Crippen molar-refractivity contribution in [1.29, 1.82) is 0 Å². The van der Waals surface area contributed by atoms with Crippen molar-refractivity contribution in [2.75, 3.05) is 20.8 Å². The fourth-order valence-electron chi connectivity index (χ4n) is 3.11. The Bertz CT molecular complexity index is 355. The lowest BCUT2D eigenvalue weighted by Gasteiger charge is -2.35. The van der Waals surface area contributed by atoms with Gasteiger partial charge in [-0.2, -0.15) is 5.10 Å². The lowest BCUT2D eigenvalue weighted by Crippen LogP contribution is -2.38. The predicted octanol–water partition coefficient (Wildman–Crippen LogP) is 1.40. The third-order valence-electron chi connectivity index (χ3n) is 4.08. The fourth-order valence-corrected chi connectivity index (χ4v) is 3.11. The maximum atomic E-state index is 5.71. The molecule has 2 aliphatic rings. The van der Waals surface area contributed by atoms with Gasteiger partial charge < -0.3 is 15.2 Å². The fraction of sp³-hybridized carbons (Fsp3) is 0.786. The van der Waals surface area contributed by atoms with Crippen LogP contribution < -0.4 is 11.2 Å². The number of hydrogen-bond acceptors (Lipinski definition) is 5. The van der Waals surface area contributed by atoms with E-state index in [4.69, 9.17) is 15.2 Å². The first-order valence-corrected chi connectivity index (χ1v) is 7.09. The molecule has 1 heterocycles. The van der Waals surface area contributed by atoms with E-state index in [1.165, 1.54) is 18.4 Å². The molecule has 1 fully saturated rings. The molecule has 0 radical (unpaired) electrons. The second-order valence-electron chi connectivity index (χ2n) is 5.17. The normalized spacial score (nSPS) is 31.4. The van der Waals surface area contributed by atoms with Crippen molar-refractivity contribution in [3.05, 3.63) is 11.3 Å². The molecule has 0 saturated heterocycles. The molecule has 0 spiro atoms. The Morgan fingerprint density at radius 3 is 2.79 bits per heavy atom. The quantitative estimate of drug-likeness (QED) is 0.808. The van der Waals surface area contributed by atoms with Crippen molar-refractivity contribution in [3.63, 3.8) is 0 Å². The van der Waals surface area contributed by atoms with E-state index in [1.54, 1.807) is 14.2 Å². The van der Waals surface area contributed by atoms with Gasteiger partial charge in [-0.25, -0.2) is 0 Å². The molecular formula is C14H25N3O2. The molecule has 1 aliphatic heterocycles. The molecule has 0 aromatic carbocycles. The van der Waals surface area contributed by atoms with Crippen LogP contribution in [0, 0.1) is 5.92 Å². The molecule has 1 saturated carbocycles. The summed E-state index contributed by atoms with van der Waals surface area (Å²) in [6, 6.07) is 0. The van der Waals surface area contributed by atoms with Gasteiger partial charge in [-0.3, -0.25) is 5.43 Å². The topological polar surface area (TPSA) is 68.9 Å². The first-order valence-electron chi connectivity index (χ1n) is 7.09. The molecule has 108 valence electrons. The van der Waals surface area contributed by atoms with Gasteiger partial charge in [0, 0.05) is 38.5 Å². The van der Waals surface area contributed by atoms with Crippen LogP contribution in [0.15, 0.2) is 16.4 Å². The Hall–Kier alpha value is -0.910. The number of hydrazone groups is 1. The largest absolute Gasteiger partial charge is 0.380 e. The Balaban J connectivity index is 2.34. The standard InChI is InChI=1S/C14H25N3O2/c1-18-12-5-3-4-6-13(19-2)14-10(12)9-16-17-11(14)7-8-15/h9-10,12-13,17H,3-8,15H2,1-2H3/t10?,12-,13-/m1/s1. The molecule has 3 atom stereocenters. The SMILES string of the molecule is CO[C@@H]1CCCC[C@@H](OC)C2C=NNC(CCN)=C21. The van der Waals surface area contributed by atoms with Gasteiger partial charge in [0.05, 0.1) is 12.2 Å². The first-order chi connectivity index (χ1) is 9.31. The van der Waals surface area contributed by atoms with Crippen LogP contribution in [0.2, 0.25) is 0 Å². The van der Waals surface area contributed by atoms with Gasteiger partial charge >= 0.3 is 0 Å². The van der Waals surface area contributed by atoms with Crippen molar-refractivity contribution in [2.24, 2.45) is 16.8 Å². The van der Waals surface area contributed by atoms with Gasteiger partial charge in [-0.1, -0.05) is 12.8 Å². The number of ether oxygens (including phenoxy) is 2. The van der Waals surface area contributed by atoms with Crippen molar-refractivity contribution >= 4 is 6.21 Å². The summed E-state index contributed by atoms with van der Waals surface area (Å²) in [6.07, 6.45) is 7.57. The van der Waals surface area contributed by atoms with E-state index in [-0.39, 0.29) is 18.1 Å². The lowest BCUT2D eigenvalue weighted by molar-refractivity contribution is 0.0455. The highest BCUT2D eigenvalue weighted by molar-refractivity contribution is 5.68. The molecule has 0 aromatic rings. The van der Waals surface area contributed by atoms with Crippen LogP contribution in [0.25, 0.3) is 0 Å². The monoisotopic (exact) mass is 267 g/mol. The molecule has 2 rings (SSSR count). The third-order valence-corrected chi connectivity index (χ3v) is 4.08. The molecule has 5 nitrogen and oxygen atoms in total. The molecule has 0 aromatic heterocycles. The summed E-state index contributed by atoms with van der Waals surface area (Å²) in [5, 5.41) is 4.28. The average molecular weight is 267 g/mol. The summed E-state index contributed by atoms with van der Waals surface area (Å²) in [5.41, 5.74) is 11.2. The zero-order chi connectivity index (χ0) is 13.7. The molecule has 1 unspecified atom stereocenters. The second kappa shape index (κ2) is 7.03. The van der Waals surface area contributed by atoms with Crippen molar-refractivity contribution in [1.82, 2.24) is 5.43 Å². The van der Waals surface area contributed by atoms with E-state index in [9.17, 15) is 0 Å². The highest BCUT2D eigenvalue weighted by Gasteiger charge is 2.34. The third kappa shape index (κ3) is 3.16. The minimum atomic E-state index is 0.142. The Kier molecular flexibility index (Phi) is 5.36. The van der Waals surface area contributed by atoms with Gasteiger partial charge in [-0.05, 0) is 25.0 Å². The van der Waals surface area contributed by atoms with Crippen LogP contribution in [0.1, 0.15) is 32.1 Å². The Morgan fingerprint density at radius 1 is 1.32 bits per heavy atom. The van der Waals surface area contributed by atoms with Gasteiger partial charge in [-0.15, -0.1) is 0 Å². The first kappa shape index (κ1) is 14.5. The maximum absolute atomic E-state index is 5.71. The number of methoxy groups -OCH3 is 2. The van der Waals surface area contributed by atoms with E-state index < -0.39 is 0 Å². The molecular weight excluding hydrogens is 242 g/mol. The molecule has 0 bridgehead atoms. The van der Waals surface area contributed by atoms with Crippen molar-refractivity contribution in [2.45, 2.75) is 44.3 Å². The van der Waals surface area contributed by atoms with Crippen LogP contribution in [-0.4, -0.2) is 39.2 Å². The van der Waals surface area contributed by atoms with E-state index >= 15 is 0 Å². The van der Waals surface area contributed by atoms with Gasteiger partial charge in [0.15, 0.2) is 0 Å². The summed E-state index contributed by atoms with van der Waals surface area (Å²) in [7, 11) is 3.56. The number of nitrogens with one attached hydrogen (secondary N) is 1. The average Bonchev–Trinajstić information content (AvgIpc) is 2.41. The smallest absolute Gasteiger partial charge is 0.0808 e. The highest BCUT2D eigenvalue weighted by Crippen LogP contribution is 2.33.